The van der Waals surface area contributed by atoms with Gasteiger partial charge < -0.3 is 10.6 Å². The summed E-state index contributed by atoms with van der Waals surface area (Å²) in [6.45, 7) is 0. The number of para-hydroxylation sites is 2. The van der Waals surface area contributed by atoms with Gasteiger partial charge in [-0.25, -0.2) is 0 Å². The van der Waals surface area contributed by atoms with E-state index in [1.165, 1.54) is 22.3 Å². The first-order chi connectivity index (χ1) is 25.7. The van der Waals surface area contributed by atoms with Crippen molar-refractivity contribution < 1.29 is 0 Å². The number of nitrogens with one attached hydrogen (secondary N) is 2. The van der Waals surface area contributed by atoms with E-state index in [4.69, 9.17) is 0 Å². The van der Waals surface area contributed by atoms with Gasteiger partial charge in [0.2, 0.25) is 0 Å². The first kappa shape index (κ1) is 32.1. The van der Waals surface area contributed by atoms with Crippen LogP contribution < -0.4 is 10.6 Å². The zero-order chi connectivity index (χ0) is 35.1. The number of hydrogen-bond acceptors (Lipinski definition) is 3. The van der Waals surface area contributed by atoms with E-state index in [-0.39, 0.29) is 0 Å². The quantitative estimate of drug-likeness (QED) is 0.161. The Balaban J connectivity index is 1.07. The number of nitrogens with zero attached hydrogens (tertiary/aromatic N) is 1. The van der Waals surface area contributed by atoms with E-state index in [1.807, 2.05) is 48.5 Å². The van der Waals surface area contributed by atoms with Gasteiger partial charge in [-0.1, -0.05) is 133 Å². The lowest BCUT2D eigenvalue weighted by Gasteiger charge is -2.16. The van der Waals surface area contributed by atoms with Crippen LogP contribution in [0, 0.1) is 11.3 Å². The number of rotatable bonds is 9. The molecule has 8 aromatic carbocycles. The molecule has 8 rings (SSSR count). The lowest BCUT2D eigenvalue weighted by Crippen LogP contribution is -1.95. The van der Waals surface area contributed by atoms with Crippen LogP contribution >= 0.6 is 0 Å². The smallest absolute Gasteiger partial charge is 0.0991 e. The minimum atomic E-state index is 0.641. The highest BCUT2D eigenvalue weighted by molar-refractivity contribution is 5.88. The Kier molecular flexibility index (Phi) is 9.11. The zero-order valence-electron chi connectivity index (χ0n) is 28.5. The van der Waals surface area contributed by atoms with Crippen molar-refractivity contribution in [3.8, 4) is 61.7 Å². The molecule has 0 aliphatic heterocycles. The van der Waals surface area contributed by atoms with E-state index >= 15 is 0 Å². The molecule has 52 heavy (non-hydrogen) atoms. The maximum atomic E-state index is 9.39. The highest BCUT2D eigenvalue weighted by Crippen LogP contribution is 2.38. The van der Waals surface area contributed by atoms with Crippen LogP contribution in [0.2, 0.25) is 0 Å². The molecule has 0 aliphatic rings. The predicted octanol–water partition coefficient (Wildman–Crippen LogP) is 13.4. The van der Waals surface area contributed by atoms with Gasteiger partial charge in [-0.05, 0) is 111 Å². The summed E-state index contributed by atoms with van der Waals surface area (Å²) in [6.07, 6.45) is 0. The zero-order valence-corrected chi connectivity index (χ0v) is 28.5. The number of nitriles is 1. The van der Waals surface area contributed by atoms with Gasteiger partial charge in [0.1, 0.15) is 0 Å². The standard InChI is InChI=1S/C49H35N3/c50-34-35-21-23-38(24-22-35)47-33-42(27-30-49(47)51-44-17-5-2-6-18-44)41-15-10-16-43(32-41)46-19-7-8-20-48(46)52-45-28-25-37(26-29-45)40-14-9-13-39(31-40)36-11-3-1-4-12-36/h1-33,51-52H. The lowest BCUT2D eigenvalue weighted by molar-refractivity contribution is 1.48. The van der Waals surface area contributed by atoms with E-state index in [0.717, 1.165) is 56.1 Å². The Labute approximate surface area is 305 Å². The fraction of sp³-hybridized carbons (Fsp3) is 0. The van der Waals surface area contributed by atoms with Gasteiger partial charge >= 0.3 is 0 Å². The van der Waals surface area contributed by atoms with E-state index in [0.29, 0.717) is 5.56 Å². The highest BCUT2D eigenvalue weighted by Gasteiger charge is 2.12. The monoisotopic (exact) mass is 665 g/mol. The summed E-state index contributed by atoms with van der Waals surface area (Å²) >= 11 is 0. The Morgan fingerprint density at radius 2 is 0.769 bits per heavy atom. The van der Waals surface area contributed by atoms with Crippen molar-refractivity contribution in [3.05, 3.63) is 206 Å². The summed E-state index contributed by atoms with van der Waals surface area (Å²) < 4.78 is 0. The average molecular weight is 666 g/mol. The first-order valence-corrected chi connectivity index (χ1v) is 17.4. The molecule has 0 fully saturated rings. The van der Waals surface area contributed by atoms with Crippen LogP contribution in [-0.4, -0.2) is 0 Å². The molecule has 3 heteroatoms. The number of benzene rings is 8. The Bertz CT molecular complexity index is 2500. The van der Waals surface area contributed by atoms with Gasteiger partial charge in [0, 0.05) is 33.9 Å². The predicted molar refractivity (Wildman–Crippen MR) is 218 cm³/mol. The molecule has 0 spiro atoms. The lowest BCUT2D eigenvalue weighted by atomic mass is 9.94. The topological polar surface area (TPSA) is 47.9 Å². The highest BCUT2D eigenvalue weighted by atomic mass is 14.9. The van der Waals surface area contributed by atoms with Gasteiger partial charge in [-0.15, -0.1) is 0 Å². The third-order valence-electron chi connectivity index (χ3n) is 9.30. The molecule has 0 aromatic heterocycles. The van der Waals surface area contributed by atoms with E-state index in [2.05, 4.69) is 168 Å². The molecule has 3 nitrogen and oxygen atoms in total. The summed E-state index contributed by atoms with van der Waals surface area (Å²) in [5, 5.41) is 16.7. The van der Waals surface area contributed by atoms with E-state index < -0.39 is 0 Å². The summed E-state index contributed by atoms with van der Waals surface area (Å²) in [4.78, 5) is 0. The van der Waals surface area contributed by atoms with Gasteiger partial charge in [0.25, 0.3) is 0 Å². The summed E-state index contributed by atoms with van der Waals surface area (Å²) in [5.74, 6) is 0. The second kappa shape index (κ2) is 14.8. The van der Waals surface area contributed by atoms with Crippen LogP contribution in [0.1, 0.15) is 5.56 Å². The summed E-state index contributed by atoms with van der Waals surface area (Å²) in [6, 6.07) is 71.7. The fourth-order valence-electron chi connectivity index (χ4n) is 6.59. The molecular formula is C49H35N3. The number of anilines is 4. The Hall–Kier alpha value is -7.15. The minimum Gasteiger partial charge on any atom is -0.355 e. The molecule has 0 saturated carbocycles. The maximum absolute atomic E-state index is 9.39. The van der Waals surface area contributed by atoms with Gasteiger partial charge in [0.05, 0.1) is 11.6 Å². The van der Waals surface area contributed by atoms with E-state index in [1.54, 1.807) is 0 Å². The summed E-state index contributed by atoms with van der Waals surface area (Å²) in [7, 11) is 0. The Morgan fingerprint density at radius 1 is 0.308 bits per heavy atom. The molecule has 2 N–H and O–H groups in total. The second-order valence-corrected chi connectivity index (χ2v) is 12.7. The second-order valence-electron chi connectivity index (χ2n) is 12.7. The van der Waals surface area contributed by atoms with Crippen molar-refractivity contribution in [3.63, 3.8) is 0 Å². The van der Waals surface area contributed by atoms with Crippen LogP contribution in [0.25, 0.3) is 55.6 Å². The van der Waals surface area contributed by atoms with Crippen LogP contribution in [0.4, 0.5) is 22.7 Å². The van der Waals surface area contributed by atoms with Crippen molar-refractivity contribution in [1.29, 1.82) is 5.26 Å². The van der Waals surface area contributed by atoms with E-state index in [9.17, 15) is 5.26 Å². The molecule has 0 bridgehead atoms. The molecule has 0 atom stereocenters. The van der Waals surface area contributed by atoms with Crippen molar-refractivity contribution in [2.75, 3.05) is 10.6 Å². The fourth-order valence-corrected chi connectivity index (χ4v) is 6.59. The molecule has 8 aromatic rings. The SMILES string of the molecule is N#Cc1ccc(-c2cc(-c3cccc(-c4ccccc4Nc4ccc(-c5cccc(-c6ccccc6)c5)cc4)c3)ccc2Nc2ccccc2)cc1. The first-order valence-electron chi connectivity index (χ1n) is 17.4. The van der Waals surface area contributed by atoms with Crippen LogP contribution in [0.5, 0.6) is 0 Å². The van der Waals surface area contributed by atoms with Crippen molar-refractivity contribution in [1.82, 2.24) is 0 Å². The number of hydrogen-bond donors (Lipinski definition) is 2. The molecule has 0 aliphatic carbocycles. The van der Waals surface area contributed by atoms with Gasteiger partial charge in [-0.3, -0.25) is 0 Å². The third-order valence-corrected chi connectivity index (χ3v) is 9.30. The Morgan fingerprint density at radius 3 is 1.46 bits per heavy atom. The average Bonchev–Trinajstić information content (AvgIpc) is 3.22. The maximum Gasteiger partial charge on any atom is 0.0991 e. The molecular weight excluding hydrogens is 631 g/mol. The van der Waals surface area contributed by atoms with Crippen LogP contribution in [0.3, 0.4) is 0 Å². The molecule has 0 saturated heterocycles. The van der Waals surface area contributed by atoms with Gasteiger partial charge in [-0.2, -0.15) is 5.26 Å². The van der Waals surface area contributed by atoms with Crippen LogP contribution in [-0.2, 0) is 0 Å². The molecule has 246 valence electrons. The molecule has 0 unspecified atom stereocenters. The minimum absolute atomic E-state index is 0.641. The summed E-state index contributed by atoms with van der Waals surface area (Å²) in [5.41, 5.74) is 16.1. The van der Waals surface area contributed by atoms with Crippen molar-refractivity contribution in [2.24, 2.45) is 0 Å². The molecule has 0 radical (unpaired) electrons. The third kappa shape index (κ3) is 7.09. The van der Waals surface area contributed by atoms with Crippen molar-refractivity contribution in [2.45, 2.75) is 0 Å². The van der Waals surface area contributed by atoms with Crippen molar-refractivity contribution >= 4 is 22.7 Å². The largest absolute Gasteiger partial charge is 0.355 e. The van der Waals surface area contributed by atoms with Crippen LogP contribution in [0.15, 0.2) is 200 Å². The van der Waals surface area contributed by atoms with Gasteiger partial charge in [0.15, 0.2) is 0 Å². The normalized spacial score (nSPS) is 10.7. The molecule has 0 heterocycles. The molecule has 0 amide bonds.